The van der Waals surface area contributed by atoms with Crippen LogP contribution in [0.3, 0.4) is 0 Å². The van der Waals surface area contributed by atoms with Crippen LogP contribution in [-0.4, -0.2) is 19.5 Å². The Morgan fingerprint density at radius 1 is 0.875 bits per heavy atom. The second kappa shape index (κ2) is 10.5. The molecule has 0 heterocycles. The predicted octanol–water partition coefficient (Wildman–Crippen LogP) is 5.61. The molecule has 2 atom stereocenters. The monoisotopic (exact) mass is 440 g/mol. The van der Waals surface area contributed by atoms with Crippen molar-refractivity contribution in [1.82, 2.24) is 10.6 Å². The van der Waals surface area contributed by atoms with Gasteiger partial charge in [-0.2, -0.15) is 13.2 Å². The summed E-state index contributed by atoms with van der Waals surface area (Å²) in [7, 11) is 1.60. The van der Waals surface area contributed by atoms with Crippen LogP contribution in [0.15, 0.2) is 78.9 Å². The lowest BCUT2D eigenvalue weighted by atomic mass is 9.85. The number of benzene rings is 3. The molecule has 6 heteroatoms. The normalized spacial score (nSPS) is 13.4. The van der Waals surface area contributed by atoms with Crippen LogP contribution in [0.2, 0.25) is 0 Å². The van der Waals surface area contributed by atoms with E-state index in [0.717, 1.165) is 34.4 Å². The van der Waals surface area contributed by atoms with Crippen molar-refractivity contribution >= 4 is 5.91 Å². The van der Waals surface area contributed by atoms with Gasteiger partial charge in [-0.05, 0) is 54.3 Å². The minimum Gasteiger partial charge on any atom is -0.358 e. The van der Waals surface area contributed by atoms with Gasteiger partial charge in [0, 0.05) is 13.0 Å². The topological polar surface area (TPSA) is 41.1 Å². The molecule has 0 radical (unpaired) electrons. The summed E-state index contributed by atoms with van der Waals surface area (Å²) < 4.78 is 39.1. The fraction of sp³-hybridized carbons (Fsp3) is 0.269. The fourth-order valence-corrected chi connectivity index (χ4v) is 3.91. The molecule has 0 fully saturated rings. The smallest absolute Gasteiger partial charge is 0.358 e. The van der Waals surface area contributed by atoms with E-state index < -0.39 is 17.8 Å². The van der Waals surface area contributed by atoms with Gasteiger partial charge in [-0.15, -0.1) is 0 Å². The molecule has 0 aliphatic heterocycles. The van der Waals surface area contributed by atoms with Gasteiger partial charge in [0.1, 0.15) is 6.04 Å². The first-order chi connectivity index (χ1) is 15.3. The highest BCUT2D eigenvalue weighted by Crippen LogP contribution is 2.34. The van der Waals surface area contributed by atoms with E-state index in [9.17, 15) is 18.0 Å². The summed E-state index contributed by atoms with van der Waals surface area (Å²) in [5.74, 6) is -0.245. The molecule has 3 aromatic carbocycles. The molecule has 2 N–H and O–H groups in total. The van der Waals surface area contributed by atoms with E-state index in [2.05, 4.69) is 10.6 Å². The lowest BCUT2D eigenvalue weighted by Crippen LogP contribution is -2.36. The molecule has 1 amide bonds. The molecule has 3 rings (SSSR count). The molecule has 168 valence electrons. The van der Waals surface area contributed by atoms with Crippen LogP contribution >= 0.6 is 0 Å². The number of carbonyl (C=O) groups is 1. The standard InChI is InChI=1S/C26H27F3N2O/c1-18-8-6-7-11-22(18)23(19-12-14-21(15-13-19)26(27,28)29)16-17-31-24(25(32)30-2)20-9-4-3-5-10-20/h3-15,23-24,31H,16-17H2,1-2H3,(H,30,32)/t23-,24-/m1/s1. The highest BCUT2D eigenvalue weighted by atomic mass is 19.4. The summed E-state index contributed by atoms with van der Waals surface area (Å²) in [6.45, 7) is 2.50. The average Bonchev–Trinajstić information content (AvgIpc) is 2.80. The molecule has 3 aromatic rings. The molecule has 0 saturated carbocycles. The molecule has 0 spiro atoms. The van der Waals surface area contributed by atoms with Gasteiger partial charge < -0.3 is 10.6 Å². The number of rotatable bonds is 8. The maximum absolute atomic E-state index is 13.0. The lowest BCUT2D eigenvalue weighted by molar-refractivity contribution is -0.137. The highest BCUT2D eigenvalue weighted by molar-refractivity contribution is 5.82. The number of amides is 1. The van der Waals surface area contributed by atoms with Crippen LogP contribution in [0, 0.1) is 6.92 Å². The highest BCUT2D eigenvalue weighted by Gasteiger charge is 2.30. The van der Waals surface area contributed by atoms with Gasteiger partial charge in [-0.3, -0.25) is 4.79 Å². The summed E-state index contributed by atoms with van der Waals surface area (Å²) in [5, 5.41) is 6.01. The maximum Gasteiger partial charge on any atom is 0.416 e. The Bertz CT molecular complexity index is 1020. The van der Waals surface area contributed by atoms with E-state index in [1.54, 1.807) is 19.2 Å². The molecule has 0 bridgehead atoms. The third kappa shape index (κ3) is 5.77. The summed E-state index contributed by atoms with van der Waals surface area (Å²) in [4.78, 5) is 12.4. The van der Waals surface area contributed by atoms with Gasteiger partial charge in [0.15, 0.2) is 0 Å². The average molecular weight is 441 g/mol. The van der Waals surface area contributed by atoms with Crippen molar-refractivity contribution < 1.29 is 18.0 Å². The van der Waals surface area contributed by atoms with Gasteiger partial charge in [-0.25, -0.2) is 0 Å². The molecule has 0 aliphatic rings. The second-order valence-corrected chi connectivity index (χ2v) is 7.73. The van der Waals surface area contributed by atoms with Crippen LogP contribution in [0.1, 0.15) is 46.2 Å². The zero-order valence-corrected chi connectivity index (χ0v) is 18.1. The van der Waals surface area contributed by atoms with Crippen molar-refractivity contribution in [2.24, 2.45) is 0 Å². The van der Waals surface area contributed by atoms with E-state index >= 15 is 0 Å². The van der Waals surface area contributed by atoms with Gasteiger partial charge in [0.05, 0.1) is 5.56 Å². The van der Waals surface area contributed by atoms with Crippen LogP contribution in [-0.2, 0) is 11.0 Å². The largest absolute Gasteiger partial charge is 0.416 e. The number of carbonyl (C=O) groups excluding carboxylic acids is 1. The second-order valence-electron chi connectivity index (χ2n) is 7.73. The van der Waals surface area contributed by atoms with Crippen molar-refractivity contribution in [3.05, 3.63) is 107 Å². The molecule has 0 aliphatic carbocycles. The molecule has 0 aromatic heterocycles. The summed E-state index contributed by atoms with van der Waals surface area (Å²) in [6.07, 6.45) is -3.74. The molecule has 0 saturated heterocycles. The Labute approximate surface area is 186 Å². The first-order valence-electron chi connectivity index (χ1n) is 10.5. The summed E-state index contributed by atoms with van der Waals surface area (Å²) in [5.41, 5.74) is 3.14. The number of nitrogens with one attached hydrogen (secondary N) is 2. The zero-order chi connectivity index (χ0) is 23.1. The van der Waals surface area contributed by atoms with E-state index in [1.807, 2.05) is 61.5 Å². The van der Waals surface area contributed by atoms with Gasteiger partial charge in [-0.1, -0.05) is 66.7 Å². The Morgan fingerprint density at radius 3 is 2.09 bits per heavy atom. The fourth-order valence-electron chi connectivity index (χ4n) is 3.91. The Hall–Kier alpha value is -3.12. The number of alkyl halides is 3. The van der Waals surface area contributed by atoms with E-state index in [4.69, 9.17) is 0 Å². The predicted molar refractivity (Wildman–Crippen MR) is 120 cm³/mol. The van der Waals surface area contributed by atoms with E-state index in [1.165, 1.54) is 0 Å². The van der Waals surface area contributed by atoms with Crippen LogP contribution in [0.5, 0.6) is 0 Å². The minimum absolute atomic E-state index is 0.105. The minimum atomic E-state index is -4.37. The zero-order valence-electron chi connectivity index (χ0n) is 18.1. The Morgan fingerprint density at radius 2 is 1.50 bits per heavy atom. The maximum atomic E-state index is 13.0. The van der Waals surface area contributed by atoms with Crippen LogP contribution in [0.4, 0.5) is 13.2 Å². The van der Waals surface area contributed by atoms with Crippen LogP contribution < -0.4 is 10.6 Å². The Kier molecular flexibility index (Phi) is 7.70. The summed E-state index contributed by atoms with van der Waals surface area (Å²) >= 11 is 0. The van der Waals surface area contributed by atoms with Crippen molar-refractivity contribution in [2.75, 3.05) is 13.6 Å². The number of hydrogen-bond acceptors (Lipinski definition) is 2. The first kappa shape index (κ1) is 23.5. The van der Waals surface area contributed by atoms with Gasteiger partial charge >= 0.3 is 6.18 Å². The van der Waals surface area contributed by atoms with Crippen molar-refractivity contribution in [1.29, 1.82) is 0 Å². The third-order valence-electron chi connectivity index (χ3n) is 5.63. The van der Waals surface area contributed by atoms with Crippen molar-refractivity contribution in [3.63, 3.8) is 0 Å². The molecule has 32 heavy (non-hydrogen) atoms. The van der Waals surface area contributed by atoms with Crippen molar-refractivity contribution in [3.8, 4) is 0 Å². The van der Waals surface area contributed by atoms with Crippen molar-refractivity contribution in [2.45, 2.75) is 31.5 Å². The quantitative estimate of drug-likeness (QED) is 0.478. The number of halogens is 3. The first-order valence-corrected chi connectivity index (χ1v) is 10.5. The number of aryl methyl sites for hydroxylation is 1. The van der Waals surface area contributed by atoms with Gasteiger partial charge in [0.2, 0.25) is 5.91 Å². The third-order valence-corrected chi connectivity index (χ3v) is 5.63. The lowest BCUT2D eigenvalue weighted by Gasteiger charge is -2.23. The van der Waals surface area contributed by atoms with Crippen LogP contribution in [0.25, 0.3) is 0 Å². The SMILES string of the molecule is CNC(=O)[C@H](NCC[C@H](c1ccc(C(F)(F)F)cc1)c1ccccc1C)c1ccccc1. The number of likely N-dealkylation sites (N-methyl/N-ethyl adjacent to an activating group) is 1. The summed E-state index contributed by atoms with van der Waals surface area (Å²) in [6, 6.07) is 22.2. The van der Waals surface area contributed by atoms with E-state index in [0.29, 0.717) is 13.0 Å². The molecular weight excluding hydrogens is 413 g/mol. The molecule has 3 nitrogen and oxygen atoms in total. The Balaban J connectivity index is 1.83. The van der Waals surface area contributed by atoms with E-state index in [-0.39, 0.29) is 11.8 Å². The molecular formula is C26H27F3N2O. The van der Waals surface area contributed by atoms with Gasteiger partial charge in [0.25, 0.3) is 0 Å². The molecule has 0 unspecified atom stereocenters. The number of hydrogen-bond donors (Lipinski definition) is 2.